The summed E-state index contributed by atoms with van der Waals surface area (Å²) in [6, 6.07) is 7.97. The van der Waals surface area contributed by atoms with Crippen molar-refractivity contribution in [1.82, 2.24) is 4.98 Å². The van der Waals surface area contributed by atoms with Crippen molar-refractivity contribution in [2.24, 2.45) is 0 Å². The number of benzene rings is 2. The van der Waals surface area contributed by atoms with Gasteiger partial charge in [-0.15, -0.1) is 0 Å². The third-order valence-corrected chi connectivity index (χ3v) is 4.68. The van der Waals surface area contributed by atoms with Gasteiger partial charge in [0.25, 0.3) is 10.1 Å². The van der Waals surface area contributed by atoms with Gasteiger partial charge < -0.3 is 19.0 Å². The molecule has 0 saturated carbocycles. The summed E-state index contributed by atoms with van der Waals surface area (Å²) in [6.07, 6.45) is 1.08. The molecule has 2 N–H and O–H groups in total. The summed E-state index contributed by atoms with van der Waals surface area (Å²) in [5, 5.41) is 10.3. The number of hydrogen-bond donors (Lipinski definition) is 2. The van der Waals surface area contributed by atoms with Crippen LogP contribution in [-0.4, -0.2) is 37.3 Å². The Morgan fingerprint density at radius 2 is 1.82 bits per heavy atom. The molecule has 0 aliphatic heterocycles. The van der Waals surface area contributed by atoms with Crippen molar-refractivity contribution in [2.75, 3.05) is 14.2 Å². The van der Waals surface area contributed by atoms with E-state index in [1.807, 2.05) is 0 Å². The van der Waals surface area contributed by atoms with Crippen molar-refractivity contribution >= 4 is 33.1 Å². The standard InChI is InChI=1S/C18H15NO8S/c1-25-16-5-3-10(7-17(16)26-2)14(20)9-13-18(21)27-15-6-4-11(28(22,23)24)8-12(15)19-13/h3-9,20H,1-2H3,(H,22,23,24)/b14-9-. The number of ether oxygens (including phenoxy) is 2. The molecule has 0 fully saturated rings. The van der Waals surface area contributed by atoms with E-state index in [-0.39, 0.29) is 22.6 Å². The molecule has 0 saturated heterocycles. The van der Waals surface area contributed by atoms with Gasteiger partial charge in [-0.05, 0) is 36.4 Å². The van der Waals surface area contributed by atoms with Gasteiger partial charge >= 0.3 is 5.63 Å². The Kier molecular flexibility index (Phi) is 5.08. The van der Waals surface area contributed by atoms with Crippen LogP contribution in [0.1, 0.15) is 11.3 Å². The van der Waals surface area contributed by atoms with Gasteiger partial charge in [-0.2, -0.15) is 8.42 Å². The number of fused-ring (bicyclic) bond motifs is 1. The number of aliphatic hydroxyl groups is 1. The van der Waals surface area contributed by atoms with Crippen molar-refractivity contribution in [3.05, 3.63) is 58.1 Å². The van der Waals surface area contributed by atoms with E-state index in [2.05, 4.69) is 4.98 Å². The number of hydrogen-bond acceptors (Lipinski definition) is 8. The molecule has 0 aliphatic carbocycles. The second-order valence-electron chi connectivity index (χ2n) is 5.59. The van der Waals surface area contributed by atoms with Crippen LogP contribution in [0.3, 0.4) is 0 Å². The number of methoxy groups -OCH3 is 2. The van der Waals surface area contributed by atoms with E-state index in [9.17, 15) is 18.3 Å². The maximum Gasteiger partial charge on any atom is 0.362 e. The fourth-order valence-corrected chi connectivity index (χ4v) is 2.96. The molecule has 3 rings (SSSR count). The van der Waals surface area contributed by atoms with Gasteiger partial charge in [0, 0.05) is 11.6 Å². The zero-order valence-corrected chi connectivity index (χ0v) is 15.6. The maximum atomic E-state index is 12.1. The maximum absolute atomic E-state index is 12.1. The molecular weight excluding hydrogens is 390 g/mol. The molecule has 1 aromatic heterocycles. The first kappa shape index (κ1) is 19.4. The molecular formula is C18H15NO8S. The number of rotatable bonds is 5. The summed E-state index contributed by atoms with van der Waals surface area (Å²) in [7, 11) is -1.54. The van der Waals surface area contributed by atoms with Crippen LogP contribution in [-0.2, 0) is 10.1 Å². The largest absolute Gasteiger partial charge is 0.507 e. The van der Waals surface area contributed by atoms with Crippen LogP contribution in [0.15, 0.2) is 50.5 Å². The molecule has 3 aromatic rings. The minimum absolute atomic E-state index is 0.0149. The Morgan fingerprint density at radius 1 is 1.11 bits per heavy atom. The highest BCUT2D eigenvalue weighted by Gasteiger charge is 2.14. The predicted octanol–water partition coefficient (Wildman–Crippen LogP) is 2.51. The topological polar surface area (TPSA) is 136 Å². The van der Waals surface area contributed by atoms with Crippen molar-refractivity contribution < 1.29 is 32.0 Å². The molecule has 28 heavy (non-hydrogen) atoms. The molecule has 0 atom stereocenters. The van der Waals surface area contributed by atoms with Crippen LogP contribution in [0.4, 0.5) is 0 Å². The van der Waals surface area contributed by atoms with E-state index in [0.29, 0.717) is 17.1 Å². The average molecular weight is 405 g/mol. The van der Waals surface area contributed by atoms with E-state index in [1.165, 1.54) is 26.4 Å². The lowest BCUT2D eigenvalue weighted by Crippen LogP contribution is -2.07. The Balaban J connectivity index is 2.09. The van der Waals surface area contributed by atoms with Crippen LogP contribution in [0.2, 0.25) is 0 Å². The molecule has 0 bridgehead atoms. The van der Waals surface area contributed by atoms with Crippen molar-refractivity contribution in [3.63, 3.8) is 0 Å². The molecule has 1 heterocycles. The molecule has 10 heteroatoms. The molecule has 0 unspecified atom stereocenters. The van der Waals surface area contributed by atoms with Crippen molar-refractivity contribution in [1.29, 1.82) is 0 Å². The van der Waals surface area contributed by atoms with Gasteiger partial charge in [0.1, 0.15) is 11.3 Å². The van der Waals surface area contributed by atoms with Gasteiger partial charge in [0.2, 0.25) is 0 Å². The highest BCUT2D eigenvalue weighted by Crippen LogP contribution is 2.30. The minimum Gasteiger partial charge on any atom is -0.507 e. The summed E-state index contributed by atoms with van der Waals surface area (Å²) in [4.78, 5) is 15.7. The first-order chi connectivity index (χ1) is 13.2. The zero-order valence-electron chi connectivity index (χ0n) is 14.7. The molecule has 0 radical (unpaired) electrons. The third kappa shape index (κ3) is 3.82. The third-order valence-electron chi connectivity index (χ3n) is 3.83. The van der Waals surface area contributed by atoms with E-state index in [4.69, 9.17) is 18.4 Å². The van der Waals surface area contributed by atoms with E-state index < -0.39 is 20.6 Å². The van der Waals surface area contributed by atoms with Crippen molar-refractivity contribution in [2.45, 2.75) is 4.90 Å². The summed E-state index contributed by atoms with van der Waals surface area (Å²) < 4.78 is 47.0. The van der Waals surface area contributed by atoms with E-state index >= 15 is 0 Å². The fraction of sp³-hybridized carbons (Fsp3) is 0.111. The molecule has 0 amide bonds. The lowest BCUT2D eigenvalue weighted by Gasteiger charge is -2.09. The van der Waals surface area contributed by atoms with Crippen LogP contribution >= 0.6 is 0 Å². The predicted molar refractivity (Wildman–Crippen MR) is 100 cm³/mol. The number of nitrogens with zero attached hydrogens (tertiary/aromatic N) is 1. The second-order valence-corrected chi connectivity index (χ2v) is 7.01. The van der Waals surface area contributed by atoms with Crippen molar-refractivity contribution in [3.8, 4) is 11.5 Å². The van der Waals surface area contributed by atoms with Gasteiger partial charge in [-0.1, -0.05) is 0 Å². The first-order valence-corrected chi connectivity index (χ1v) is 9.22. The second kappa shape index (κ2) is 7.33. The van der Waals surface area contributed by atoms with E-state index in [1.54, 1.807) is 12.1 Å². The van der Waals surface area contributed by atoms with Gasteiger partial charge in [-0.3, -0.25) is 4.55 Å². The highest BCUT2D eigenvalue weighted by molar-refractivity contribution is 7.85. The van der Waals surface area contributed by atoms with E-state index in [0.717, 1.165) is 18.2 Å². The quantitative estimate of drug-likeness (QED) is 0.484. The summed E-state index contributed by atoms with van der Waals surface area (Å²) in [5.41, 5.74) is -0.724. The van der Waals surface area contributed by atoms with Gasteiger partial charge in [0.15, 0.2) is 22.8 Å². The Morgan fingerprint density at radius 3 is 2.46 bits per heavy atom. The smallest absolute Gasteiger partial charge is 0.362 e. The minimum atomic E-state index is -4.45. The van der Waals surface area contributed by atoms with Crippen LogP contribution < -0.4 is 15.1 Å². The number of aliphatic hydroxyl groups excluding tert-OH is 1. The molecule has 9 nitrogen and oxygen atoms in total. The first-order valence-electron chi connectivity index (χ1n) is 7.78. The van der Waals surface area contributed by atoms with Gasteiger partial charge in [0.05, 0.1) is 19.1 Å². The van der Waals surface area contributed by atoms with Crippen LogP contribution in [0, 0.1) is 0 Å². The van der Waals surface area contributed by atoms with Crippen LogP contribution in [0.5, 0.6) is 11.5 Å². The zero-order chi connectivity index (χ0) is 20.5. The molecule has 146 valence electrons. The SMILES string of the molecule is COc1ccc(/C(O)=C/c2nc3cc(S(=O)(=O)O)ccc3oc2=O)cc1OC. The molecule has 2 aromatic carbocycles. The average Bonchev–Trinajstić information content (AvgIpc) is 2.66. The molecule has 0 spiro atoms. The Hall–Kier alpha value is -3.37. The molecule has 0 aliphatic rings. The summed E-state index contributed by atoms with van der Waals surface area (Å²) in [5.74, 6) is 0.530. The van der Waals surface area contributed by atoms with Gasteiger partial charge in [-0.25, -0.2) is 9.78 Å². The van der Waals surface area contributed by atoms with Crippen LogP contribution in [0.25, 0.3) is 22.9 Å². The fourth-order valence-electron chi connectivity index (χ4n) is 2.46. The Bertz CT molecular complexity index is 1240. The monoisotopic (exact) mass is 405 g/mol. The summed E-state index contributed by atoms with van der Waals surface area (Å²) >= 11 is 0. The summed E-state index contributed by atoms with van der Waals surface area (Å²) in [6.45, 7) is 0. The lowest BCUT2D eigenvalue weighted by molar-refractivity contribution is 0.354. The number of aromatic nitrogens is 1. The Labute approximate surface area is 159 Å². The normalized spacial score (nSPS) is 12.2. The highest BCUT2D eigenvalue weighted by atomic mass is 32.2. The lowest BCUT2D eigenvalue weighted by atomic mass is 10.1.